The summed E-state index contributed by atoms with van der Waals surface area (Å²) in [7, 11) is 3.22. The van der Waals surface area contributed by atoms with Crippen LogP contribution < -0.4 is 19.5 Å². The Bertz CT molecular complexity index is 804. The third-order valence-electron chi connectivity index (χ3n) is 5.28. The van der Waals surface area contributed by atoms with E-state index in [4.69, 9.17) is 14.2 Å². The minimum Gasteiger partial charge on any atom is -0.493 e. The molecule has 3 atom stereocenters. The molecule has 1 aliphatic carbocycles. The third-order valence-corrected chi connectivity index (χ3v) is 5.28. The maximum absolute atomic E-state index is 10.4. The predicted molar refractivity (Wildman–Crippen MR) is 122 cm³/mol. The van der Waals surface area contributed by atoms with Crippen molar-refractivity contribution in [1.82, 2.24) is 5.32 Å². The number of hydrogen-bond acceptors (Lipinski definition) is 5. The van der Waals surface area contributed by atoms with Crippen LogP contribution in [0.25, 0.3) is 0 Å². The van der Waals surface area contributed by atoms with Gasteiger partial charge in [-0.05, 0) is 75.8 Å². The number of rotatable bonds is 7. The van der Waals surface area contributed by atoms with Crippen LogP contribution in [0.15, 0.2) is 42.5 Å². The van der Waals surface area contributed by atoms with Crippen LogP contribution in [0, 0.1) is 5.92 Å². The lowest BCUT2D eigenvalue weighted by Gasteiger charge is -2.27. The third kappa shape index (κ3) is 6.53. The van der Waals surface area contributed by atoms with Crippen LogP contribution in [0.1, 0.15) is 39.2 Å². The highest BCUT2D eigenvalue weighted by atomic mass is 35.5. The second-order valence-electron chi connectivity index (χ2n) is 8.87. The Labute approximate surface area is 186 Å². The van der Waals surface area contributed by atoms with Gasteiger partial charge < -0.3 is 24.6 Å². The van der Waals surface area contributed by atoms with E-state index in [1.165, 1.54) is 5.56 Å². The van der Waals surface area contributed by atoms with Crippen molar-refractivity contribution in [1.29, 1.82) is 0 Å². The summed E-state index contributed by atoms with van der Waals surface area (Å²) in [5.41, 5.74) is 1.28. The van der Waals surface area contributed by atoms with E-state index in [1.54, 1.807) is 14.2 Å². The van der Waals surface area contributed by atoms with E-state index in [0.717, 1.165) is 25.0 Å². The van der Waals surface area contributed by atoms with E-state index in [0.29, 0.717) is 23.2 Å². The maximum atomic E-state index is 10.4. The number of aliphatic hydroxyl groups is 1. The van der Waals surface area contributed by atoms with Crippen molar-refractivity contribution in [3.63, 3.8) is 0 Å². The number of hydrogen-bond donors (Lipinski definition) is 2. The molecule has 0 aliphatic heterocycles. The van der Waals surface area contributed by atoms with Crippen molar-refractivity contribution in [2.24, 2.45) is 5.92 Å². The van der Waals surface area contributed by atoms with Gasteiger partial charge in [0.15, 0.2) is 11.5 Å². The number of benzene rings is 2. The van der Waals surface area contributed by atoms with Crippen molar-refractivity contribution in [3.8, 4) is 23.0 Å². The van der Waals surface area contributed by atoms with Gasteiger partial charge in [-0.15, -0.1) is 12.4 Å². The van der Waals surface area contributed by atoms with Gasteiger partial charge in [0.25, 0.3) is 0 Å². The molecular formula is C24H34ClNO4. The summed E-state index contributed by atoms with van der Waals surface area (Å²) in [6.45, 7) is 6.43. The lowest BCUT2D eigenvalue weighted by molar-refractivity contribution is 0.133. The van der Waals surface area contributed by atoms with Gasteiger partial charge >= 0.3 is 0 Å². The van der Waals surface area contributed by atoms with Crippen LogP contribution in [0.2, 0.25) is 0 Å². The van der Waals surface area contributed by atoms with Crippen LogP contribution in [0.5, 0.6) is 23.0 Å². The van der Waals surface area contributed by atoms with Gasteiger partial charge in [0.2, 0.25) is 0 Å². The molecule has 3 rings (SSSR count). The lowest BCUT2D eigenvalue weighted by atomic mass is 9.97. The molecule has 0 spiro atoms. The fourth-order valence-corrected chi connectivity index (χ4v) is 4.04. The molecule has 0 radical (unpaired) electrons. The van der Waals surface area contributed by atoms with Gasteiger partial charge in [-0.25, -0.2) is 0 Å². The molecule has 0 heterocycles. The summed E-state index contributed by atoms with van der Waals surface area (Å²) in [5, 5.41) is 13.9. The molecule has 6 heteroatoms. The average Bonchev–Trinajstić information content (AvgIpc) is 3.00. The standard InChI is InChI=1S/C24H33NO4.ClH/c1-24(2,3)25-20-13-17(14-21(20)26)12-16-6-8-18(9-7-16)29-19-10-11-22(27-4)23(15-19)28-5;/h6-11,15,17,20-21,25-26H,12-14H2,1-5H3;1H. The Morgan fingerprint density at radius 3 is 2.17 bits per heavy atom. The highest BCUT2D eigenvalue weighted by Crippen LogP contribution is 2.34. The van der Waals surface area contributed by atoms with Crippen LogP contribution in [0.4, 0.5) is 0 Å². The van der Waals surface area contributed by atoms with E-state index < -0.39 is 0 Å². The second kappa shape index (κ2) is 10.4. The fraction of sp³-hybridized carbons (Fsp3) is 0.500. The summed E-state index contributed by atoms with van der Waals surface area (Å²) in [5.74, 6) is 3.28. The molecule has 2 aromatic rings. The van der Waals surface area contributed by atoms with E-state index in [1.807, 2.05) is 30.3 Å². The summed E-state index contributed by atoms with van der Waals surface area (Å²) < 4.78 is 16.5. The highest BCUT2D eigenvalue weighted by Gasteiger charge is 2.34. The van der Waals surface area contributed by atoms with E-state index in [2.05, 4.69) is 38.2 Å². The number of halogens is 1. The second-order valence-corrected chi connectivity index (χ2v) is 8.87. The molecule has 2 N–H and O–H groups in total. The first kappa shape index (κ1) is 24.3. The number of aliphatic hydroxyl groups excluding tert-OH is 1. The fourth-order valence-electron chi connectivity index (χ4n) is 4.04. The zero-order chi connectivity index (χ0) is 21.0. The topological polar surface area (TPSA) is 60.0 Å². The molecule has 0 bridgehead atoms. The average molecular weight is 436 g/mol. The first-order valence-electron chi connectivity index (χ1n) is 10.2. The van der Waals surface area contributed by atoms with Gasteiger partial charge in [0.05, 0.1) is 20.3 Å². The zero-order valence-electron chi connectivity index (χ0n) is 18.5. The van der Waals surface area contributed by atoms with Crippen molar-refractivity contribution in [3.05, 3.63) is 48.0 Å². The Hall–Kier alpha value is -1.95. The summed E-state index contributed by atoms with van der Waals surface area (Å²) in [6, 6.07) is 13.9. The summed E-state index contributed by atoms with van der Waals surface area (Å²) in [4.78, 5) is 0. The van der Waals surface area contributed by atoms with Crippen LogP contribution in [0.3, 0.4) is 0 Å². The van der Waals surface area contributed by atoms with Gasteiger partial charge in [-0.3, -0.25) is 0 Å². The molecule has 30 heavy (non-hydrogen) atoms. The molecule has 166 valence electrons. The van der Waals surface area contributed by atoms with Crippen molar-refractivity contribution in [2.45, 2.75) is 57.7 Å². The zero-order valence-corrected chi connectivity index (χ0v) is 19.3. The number of nitrogens with one attached hydrogen (secondary N) is 1. The molecule has 2 aromatic carbocycles. The number of methoxy groups -OCH3 is 2. The molecule has 1 aliphatic rings. The highest BCUT2D eigenvalue weighted by molar-refractivity contribution is 5.85. The van der Waals surface area contributed by atoms with E-state index >= 15 is 0 Å². The lowest BCUT2D eigenvalue weighted by Crippen LogP contribution is -2.47. The Kier molecular flexibility index (Phi) is 8.42. The van der Waals surface area contributed by atoms with Crippen LogP contribution >= 0.6 is 12.4 Å². The monoisotopic (exact) mass is 435 g/mol. The largest absolute Gasteiger partial charge is 0.493 e. The van der Waals surface area contributed by atoms with Gasteiger partial charge in [-0.1, -0.05) is 12.1 Å². The Balaban J connectivity index is 0.00000320. The SMILES string of the molecule is COc1ccc(Oc2ccc(CC3CC(O)C(NC(C)(C)C)C3)cc2)cc1OC.Cl. The molecule has 0 saturated heterocycles. The minimum absolute atomic E-state index is 0. The molecular weight excluding hydrogens is 402 g/mol. The van der Waals surface area contributed by atoms with Crippen molar-refractivity contribution in [2.75, 3.05) is 14.2 Å². The summed E-state index contributed by atoms with van der Waals surface area (Å²) >= 11 is 0. The maximum Gasteiger partial charge on any atom is 0.164 e. The minimum atomic E-state index is -0.271. The molecule has 1 saturated carbocycles. The smallest absolute Gasteiger partial charge is 0.164 e. The molecule has 1 fully saturated rings. The molecule has 3 unspecified atom stereocenters. The van der Waals surface area contributed by atoms with Gasteiger partial charge in [0, 0.05) is 17.6 Å². The summed E-state index contributed by atoms with van der Waals surface area (Å²) in [6.07, 6.45) is 2.54. The first-order chi connectivity index (χ1) is 13.8. The van der Waals surface area contributed by atoms with Gasteiger partial charge in [-0.2, -0.15) is 0 Å². The molecule has 0 amide bonds. The van der Waals surface area contributed by atoms with Gasteiger partial charge in [0.1, 0.15) is 11.5 Å². The molecule has 5 nitrogen and oxygen atoms in total. The normalized spacial score (nSPS) is 21.1. The molecule has 0 aromatic heterocycles. The van der Waals surface area contributed by atoms with Crippen molar-refractivity contribution >= 4 is 12.4 Å². The predicted octanol–water partition coefficient (Wildman–Crippen LogP) is 4.99. The quantitative estimate of drug-likeness (QED) is 0.641. The Morgan fingerprint density at radius 2 is 1.57 bits per heavy atom. The van der Waals surface area contributed by atoms with E-state index in [9.17, 15) is 5.11 Å². The van der Waals surface area contributed by atoms with Crippen LogP contribution in [-0.4, -0.2) is 37.0 Å². The van der Waals surface area contributed by atoms with Crippen molar-refractivity contribution < 1.29 is 19.3 Å². The first-order valence-corrected chi connectivity index (χ1v) is 10.2. The Morgan fingerprint density at radius 1 is 0.933 bits per heavy atom. The van der Waals surface area contributed by atoms with E-state index in [-0.39, 0.29) is 30.1 Å². The number of ether oxygens (including phenoxy) is 3. The van der Waals surface area contributed by atoms with Crippen LogP contribution in [-0.2, 0) is 6.42 Å².